The summed E-state index contributed by atoms with van der Waals surface area (Å²) in [5.41, 5.74) is 7.48. The SMILES string of the molecule is C/C(=C\c1ccc2c(c1)C(C)(C)CCC2(C)C)c1ccc(Br)cc1. The Bertz CT molecular complexity index is 776. The Balaban J connectivity index is 2.02. The van der Waals surface area contributed by atoms with Crippen molar-refractivity contribution in [2.75, 3.05) is 0 Å². The van der Waals surface area contributed by atoms with Crippen LogP contribution < -0.4 is 0 Å². The van der Waals surface area contributed by atoms with Crippen LogP contribution in [0.25, 0.3) is 11.6 Å². The summed E-state index contributed by atoms with van der Waals surface area (Å²) in [6, 6.07) is 15.6. The zero-order valence-electron chi connectivity index (χ0n) is 15.4. The summed E-state index contributed by atoms with van der Waals surface area (Å²) < 4.78 is 1.12. The maximum absolute atomic E-state index is 3.51. The van der Waals surface area contributed by atoms with Crippen molar-refractivity contribution < 1.29 is 0 Å². The van der Waals surface area contributed by atoms with Crippen molar-refractivity contribution in [2.45, 2.75) is 58.3 Å². The highest BCUT2D eigenvalue weighted by atomic mass is 79.9. The van der Waals surface area contributed by atoms with Gasteiger partial charge in [0.15, 0.2) is 0 Å². The van der Waals surface area contributed by atoms with Crippen LogP contribution in [0, 0.1) is 0 Å². The molecule has 126 valence electrons. The van der Waals surface area contributed by atoms with E-state index in [1.165, 1.54) is 40.7 Å². The third kappa shape index (κ3) is 3.37. The van der Waals surface area contributed by atoms with Crippen molar-refractivity contribution in [2.24, 2.45) is 0 Å². The molecular formula is C23H27Br. The van der Waals surface area contributed by atoms with Gasteiger partial charge in [-0.1, -0.05) is 80.0 Å². The summed E-state index contributed by atoms with van der Waals surface area (Å²) in [4.78, 5) is 0. The fraction of sp³-hybridized carbons (Fsp3) is 0.391. The Kier molecular flexibility index (Phi) is 4.51. The Hall–Kier alpha value is -1.34. The largest absolute Gasteiger partial charge is 0.0576 e. The van der Waals surface area contributed by atoms with Gasteiger partial charge in [0.1, 0.15) is 0 Å². The van der Waals surface area contributed by atoms with E-state index in [0.29, 0.717) is 0 Å². The maximum Gasteiger partial charge on any atom is 0.0175 e. The predicted molar refractivity (Wildman–Crippen MR) is 109 cm³/mol. The summed E-state index contributed by atoms with van der Waals surface area (Å²) in [6.45, 7) is 11.7. The molecule has 3 rings (SSSR count). The van der Waals surface area contributed by atoms with Crippen molar-refractivity contribution in [1.82, 2.24) is 0 Å². The van der Waals surface area contributed by atoms with Crippen molar-refractivity contribution in [1.29, 1.82) is 0 Å². The second-order valence-corrected chi connectivity index (χ2v) is 9.32. The number of hydrogen-bond acceptors (Lipinski definition) is 0. The first-order valence-electron chi connectivity index (χ1n) is 8.78. The fourth-order valence-corrected chi connectivity index (χ4v) is 4.01. The first kappa shape index (κ1) is 17.5. The number of hydrogen-bond donors (Lipinski definition) is 0. The topological polar surface area (TPSA) is 0 Å². The minimum Gasteiger partial charge on any atom is -0.0576 e. The molecule has 1 aliphatic carbocycles. The molecule has 0 bridgehead atoms. The third-order valence-electron chi connectivity index (χ3n) is 5.56. The summed E-state index contributed by atoms with van der Waals surface area (Å²) in [5, 5.41) is 0. The fourth-order valence-electron chi connectivity index (χ4n) is 3.74. The Morgan fingerprint density at radius 1 is 0.875 bits per heavy atom. The van der Waals surface area contributed by atoms with E-state index in [1.54, 1.807) is 0 Å². The molecule has 2 aromatic carbocycles. The molecule has 0 N–H and O–H groups in total. The van der Waals surface area contributed by atoms with E-state index in [1.807, 2.05) is 0 Å². The number of halogens is 1. The molecule has 0 atom stereocenters. The van der Waals surface area contributed by atoms with E-state index in [2.05, 4.69) is 99.1 Å². The number of benzene rings is 2. The normalized spacial score (nSPS) is 19.0. The molecule has 0 nitrogen and oxygen atoms in total. The molecule has 0 saturated carbocycles. The highest BCUT2D eigenvalue weighted by molar-refractivity contribution is 9.10. The summed E-state index contributed by atoms with van der Waals surface area (Å²) in [5.74, 6) is 0. The van der Waals surface area contributed by atoms with E-state index < -0.39 is 0 Å². The van der Waals surface area contributed by atoms with Gasteiger partial charge in [-0.2, -0.15) is 0 Å². The average molecular weight is 383 g/mol. The molecule has 0 radical (unpaired) electrons. The predicted octanol–water partition coefficient (Wildman–Crippen LogP) is 7.36. The van der Waals surface area contributed by atoms with Gasteiger partial charge in [0.05, 0.1) is 0 Å². The van der Waals surface area contributed by atoms with Crippen LogP contribution in [-0.4, -0.2) is 0 Å². The lowest BCUT2D eigenvalue weighted by Crippen LogP contribution is -2.33. The highest BCUT2D eigenvalue weighted by Gasteiger charge is 2.36. The van der Waals surface area contributed by atoms with Gasteiger partial charge in [0.25, 0.3) is 0 Å². The van der Waals surface area contributed by atoms with Crippen LogP contribution in [0.2, 0.25) is 0 Å². The van der Waals surface area contributed by atoms with Gasteiger partial charge < -0.3 is 0 Å². The molecule has 1 heteroatoms. The van der Waals surface area contributed by atoms with Crippen LogP contribution in [0.4, 0.5) is 0 Å². The second-order valence-electron chi connectivity index (χ2n) is 8.41. The molecule has 24 heavy (non-hydrogen) atoms. The zero-order valence-corrected chi connectivity index (χ0v) is 17.0. The quantitative estimate of drug-likeness (QED) is 0.475. The van der Waals surface area contributed by atoms with Gasteiger partial charge in [-0.3, -0.25) is 0 Å². The van der Waals surface area contributed by atoms with E-state index in [4.69, 9.17) is 0 Å². The number of fused-ring (bicyclic) bond motifs is 1. The van der Waals surface area contributed by atoms with Gasteiger partial charge in [-0.15, -0.1) is 0 Å². The first-order chi connectivity index (χ1) is 11.2. The molecule has 1 aliphatic rings. The molecule has 2 aromatic rings. The Morgan fingerprint density at radius 3 is 2.08 bits per heavy atom. The Morgan fingerprint density at radius 2 is 1.46 bits per heavy atom. The van der Waals surface area contributed by atoms with E-state index in [-0.39, 0.29) is 10.8 Å². The van der Waals surface area contributed by atoms with Gasteiger partial charge in [-0.25, -0.2) is 0 Å². The molecule has 0 aromatic heterocycles. The number of rotatable bonds is 2. The van der Waals surface area contributed by atoms with Gasteiger partial charge in [-0.05, 0) is 70.6 Å². The van der Waals surface area contributed by atoms with Crippen molar-refractivity contribution >= 4 is 27.6 Å². The van der Waals surface area contributed by atoms with E-state index >= 15 is 0 Å². The van der Waals surface area contributed by atoms with Crippen LogP contribution >= 0.6 is 15.9 Å². The van der Waals surface area contributed by atoms with Gasteiger partial charge in [0.2, 0.25) is 0 Å². The minimum absolute atomic E-state index is 0.264. The van der Waals surface area contributed by atoms with Gasteiger partial charge in [0, 0.05) is 4.47 Å². The third-order valence-corrected chi connectivity index (χ3v) is 6.09. The summed E-state index contributed by atoms with van der Waals surface area (Å²) in [7, 11) is 0. The first-order valence-corrected chi connectivity index (χ1v) is 9.58. The summed E-state index contributed by atoms with van der Waals surface area (Å²) >= 11 is 3.51. The summed E-state index contributed by atoms with van der Waals surface area (Å²) in [6.07, 6.45) is 4.83. The van der Waals surface area contributed by atoms with Crippen LogP contribution in [-0.2, 0) is 10.8 Å². The van der Waals surface area contributed by atoms with Crippen LogP contribution in [0.1, 0.15) is 69.7 Å². The van der Waals surface area contributed by atoms with Crippen LogP contribution in [0.3, 0.4) is 0 Å². The molecule has 0 unspecified atom stereocenters. The number of allylic oxidation sites excluding steroid dienone is 1. The van der Waals surface area contributed by atoms with E-state index in [0.717, 1.165) is 4.47 Å². The molecular weight excluding hydrogens is 356 g/mol. The molecule has 0 fully saturated rings. The van der Waals surface area contributed by atoms with Crippen LogP contribution in [0.5, 0.6) is 0 Å². The standard InChI is InChI=1S/C23H27Br/c1-16(18-7-9-19(24)10-8-18)14-17-6-11-20-21(15-17)23(4,5)13-12-22(20,2)3/h6-11,14-15H,12-13H2,1-5H3/b16-14+. The van der Waals surface area contributed by atoms with E-state index in [9.17, 15) is 0 Å². The average Bonchev–Trinajstić information content (AvgIpc) is 2.52. The zero-order chi connectivity index (χ0) is 17.5. The monoisotopic (exact) mass is 382 g/mol. The molecule has 0 heterocycles. The lowest BCUT2D eigenvalue weighted by molar-refractivity contribution is 0.332. The molecule has 0 amide bonds. The molecule has 0 spiro atoms. The second kappa shape index (κ2) is 6.19. The highest BCUT2D eigenvalue weighted by Crippen LogP contribution is 2.46. The van der Waals surface area contributed by atoms with Crippen molar-refractivity contribution in [3.05, 3.63) is 69.2 Å². The van der Waals surface area contributed by atoms with Crippen LogP contribution in [0.15, 0.2) is 46.9 Å². The maximum atomic E-state index is 3.51. The molecule has 0 saturated heterocycles. The lowest BCUT2D eigenvalue weighted by Gasteiger charge is -2.42. The minimum atomic E-state index is 0.264. The smallest absolute Gasteiger partial charge is 0.0175 e. The van der Waals surface area contributed by atoms with Crippen molar-refractivity contribution in [3.8, 4) is 0 Å². The molecule has 0 aliphatic heterocycles. The Labute approximate surface area is 155 Å². The van der Waals surface area contributed by atoms with Gasteiger partial charge >= 0.3 is 0 Å². The lowest BCUT2D eigenvalue weighted by atomic mass is 9.63. The van der Waals surface area contributed by atoms with Crippen molar-refractivity contribution in [3.63, 3.8) is 0 Å².